The number of hydrogen-bond acceptors (Lipinski definition) is 2. The monoisotopic (exact) mass is 217 g/mol. The van der Waals surface area contributed by atoms with E-state index in [1.165, 1.54) is 0 Å². The van der Waals surface area contributed by atoms with Gasteiger partial charge in [0.1, 0.15) is 6.17 Å². The van der Waals surface area contributed by atoms with E-state index < -0.39 is 0 Å². The van der Waals surface area contributed by atoms with Crippen molar-refractivity contribution in [3.63, 3.8) is 0 Å². The van der Waals surface area contributed by atoms with Crippen molar-refractivity contribution >= 4 is 15.9 Å². The lowest BCUT2D eigenvalue weighted by atomic mass is 10.5. The van der Waals surface area contributed by atoms with Crippen molar-refractivity contribution in [2.75, 3.05) is 14.1 Å². The molecule has 1 heterocycles. The number of aromatic nitrogens is 2. The van der Waals surface area contributed by atoms with Crippen LogP contribution in [0.4, 0.5) is 0 Å². The minimum absolute atomic E-state index is 0.307. The van der Waals surface area contributed by atoms with Gasteiger partial charge in [0.2, 0.25) is 0 Å². The molecule has 0 saturated carbocycles. The minimum atomic E-state index is 0.307. The Kier molecular flexibility index (Phi) is 2.67. The van der Waals surface area contributed by atoms with Gasteiger partial charge >= 0.3 is 0 Å². The smallest absolute Gasteiger partial charge is 0.100 e. The Morgan fingerprint density at radius 3 is 2.64 bits per heavy atom. The van der Waals surface area contributed by atoms with E-state index in [1.54, 1.807) is 6.20 Å². The summed E-state index contributed by atoms with van der Waals surface area (Å²) < 4.78 is 2.93. The van der Waals surface area contributed by atoms with Gasteiger partial charge in [0, 0.05) is 6.20 Å². The summed E-state index contributed by atoms with van der Waals surface area (Å²) in [5.41, 5.74) is 0. The van der Waals surface area contributed by atoms with Crippen molar-refractivity contribution in [3.05, 3.63) is 16.9 Å². The van der Waals surface area contributed by atoms with Gasteiger partial charge in [0.25, 0.3) is 0 Å². The van der Waals surface area contributed by atoms with E-state index in [9.17, 15) is 0 Å². The van der Waals surface area contributed by atoms with Crippen LogP contribution in [0, 0.1) is 0 Å². The Bertz CT molecular complexity index is 231. The van der Waals surface area contributed by atoms with Crippen LogP contribution in [0.15, 0.2) is 16.9 Å². The summed E-state index contributed by atoms with van der Waals surface area (Å²) in [7, 11) is 4.06. The quantitative estimate of drug-likeness (QED) is 0.753. The van der Waals surface area contributed by atoms with Crippen molar-refractivity contribution in [1.29, 1.82) is 0 Å². The molecule has 4 heteroatoms. The molecule has 0 saturated heterocycles. The molecule has 1 atom stereocenters. The molecule has 0 aliphatic heterocycles. The zero-order chi connectivity index (χ0) is 8.43. The standard InChI is InChI=1S/C7H12BrN3/c1-6(10(2)3)11-5-7(8)4-9-11/h4-6H,1-3H3. The Labute approximate surface area is 75.1 Å². The maximum atomic E-state index is 4.17. The molecule has 0 fully saturated rings. The molecular weight excluding hydrogens is 206 g/mol. The molecule has 0 radical (unpaired) electrons. The lowest BCUT2D eigenvalue weighted by molar-refractivity contribution is 0.220. The first kappa shape index (κ1) is 8.74. The number of halogens is 1. The summed E-state index contributed by atoms with van der Waals surface area (Å²) in [5, 5.41) is 4.17. The molecule has 0 aliphatic carbocycles. The van der Waals surface area contributed by atoms with E-state index >= 15 is 0 Å². The molecule has 62 valence electrons. The van der Waals surface area contributed by atoms with Gasteiger partial charge in [-0.05, 0) is 36.9 Å². The molecule has 1 aromatic heterocycles. The van der Waals surface area contributed by atoms with E-state index in [0.29, 0.717) is 6.17 Å². The molecule has 0 N–H and O–H groups in total. The van der Waals surface area contributed by atoms with Crippen molar-refractivity contribution in [3.8, 4) is 0 Å². The Hall–Kier alpha value is -0.350. The highest BCUT2D eigenvalue weighted by Gasteiger charge is 2.06. The average Bonchev–Trinajstić information content (AvgIpc) is 2.34. The van der Waals surface area contributed by atoms with Gasteiger partial charge in [-0.15, -0.1) is 0 Å². The lowest BCUT2D eigenvalue weighted by Crippen LogP contribution is -2.22. The summed E-state index contributed by atoms with van der Waals surface area (Å²) in [5.74, 6) is 0. The van der Waals surface area contributed by atoms with Crippen LogP contribution in [-0.4, -0.2) is 28.8 Å². The number of nitrogens with zero attached hydrogens (tertiary/aromatic N) is 3. The molecule has 0 amide bonds. The summed E-state index contributed by atoms with van der Waals surface area (Å²) in [6, 6.07) is 0. The van der Waals surface area contributed by atoms with E-state index in [-0.39, 0.29) is 0 Å². The fourth-order valence-electron chi connectivity index (χ4n) is 0.756. The molecule has 11 heavy (non-hydrogen) atoms. The predicted octanol–water partition coefficient (Wildman–Crippen LogP) is 1.73. The van der Waals surface area contributed by atoms with Gasteiger partial charge in [0.05, 0.1) is 10.7 Å². The van der Waals surface area contributed by atoms with E-state index in [0.717, 1.165) is 4.47 Å². The molecule has 0 aliphatic rings. The largest absolute Gasteiger partial charge is 0.288 e. The van der Waals surface area contributed by atoms with Crippen molar-refractivity contribution in [1.82, 2.24) is 14.7 Å². The zero-order valence-corrected chi connectivity index (χ0v) is 8.54. The minimum Gasteiger partial charge on any atom is -0.288 e. The van der Waals surface area contributed by atoms with Gasteiger partial charge in [-0.2, -0.15) is 5.10 Å². The van der Waals surface area contributed by atoms with Crippen LogP contribution < -0.4 is 0 Å². The maximum absolute atomic E-state index is 4.17. The fraction of sp³-hybridized carbons (Fsp3) is 0.571. The fourth-order valence-corrected chi connectivity index (χ4v) is 1.06. The first-order valence-electron chi connectivity index (χ1n) is 3.47. The normalized spacial score (nSPS) is 13.9. The first-order chi connectivity index (χ1) is 5.11. The zero-order valence-electron chi connectivity index (χ0n) is 6.95. The van der Waals surface area contributed by atoms with E-state index in [2.05, 4.69) is 32.9 Å². The highest BCUT2D eigenvalue weighted by Crippen LogP contribution is 2.12. The van der Waals surface area contributed by atoms with Crippen molar-refractivity contribution in [2.45, 2.75) is 13.1 Å². The van der Waals surface area contributed by atoms with Crippen molar-refractivity contribution < 1.29 is 0 Å². The summed E-state index contributed by atoms with van der Waals surface area (Å²) in [4.78, 5) is 2.10. The second kappa shape index (κ2) is 3.36. The van der Waals surface area contributed by atoms with Crippen LogP contribution in [0.2, 0.25) is 0 Å². The van der Waals surface area contributed by atoms with E-state index in [4.69, 9.17) is 0 Å². The van der Waals surface area contributed by atoms with Crippen LogP contribution in [0.3, 0.4) is 0 Å². The van der Waals surface area contributed by atoms with Crippen LogP contribution >= 0.6 is 15.9 Å². The molecule has 1 aromatic rings. The second-order valence-electron chi connectivity index (χ2n) is 2.73. The third-order valence-corrected chi connectivity index (χ3v) is 2.11. The number of hydrogen-bond donors (Lipinski definition) is 0. The summed E-state index contributed by atoms with van der Waals surface area (Å²) in [6.45, 7) is 2.10. The predicted molar refractivity (Wildman–Crippen MR) is 48.3 cm³/mol. The van der Waals surface area contributed by atoms with Gasteiger partial charge in [-0.25, -0.2) is 0 Å². The SMILES string of the molecule is CC(N(C)C)n1cc(Br)cn1. The molecular formula is C7H12BrN3. The summed E-state index contributed by atoms with van der Waals surface area (Å²) >= 11 is 3.35. The highest BCUT2D eigenvalue weighted by atomic mass is 79.9. The van der Waals surface area contributed by atoms with Crippen LogP contribution in [-0.2, 0) is 0 Å². The third kappa shape index (κ3) is 2.04. The van der Waals surface area contributed by atoms with Crippen LogP contribution in [0.1, 0.15) is 13.1 Å². The van der Waals surface area contributed by atoms with Gasteiger partial charge in [-0.3, -0.25) is 9.58 Å². The Morgan fingerprint density at radius 1 is 1.64 bits per heavy atom. The van der Waals surface area contributed by atoms with Crippen molar-refractivity contribution in [2.24, 2.45) is 0 Å². The Morgan fingerprint density at radius 2 is 2.27 bits per heavy atom. The molecule has 0 spiro atoms. The topological polar surface area (TPSA) is 21.1 Å². The van der Waals surface area contributed by atoms with Crippen LogP contribution in [0.25, 0.3) is 0 Å². The third-order valence-electron chi connectivity index (χ3n) is 1.70. The molecule has 0 bridgehead atoms. The summed E-state index contributed by atoms with van der Waals surface area (Å²) in [6.07, 6.45) is 4.06. The molecule has 0 aromatic carbocycles. The Balaban J connectivity index is 2.76. The maximum Gasteiger partial charge on any atom is 0.100 e. The molecule has 1 rings (SSSR count). The van der Waals surface area contributed by atoms with E-state index in [1.807, 2.05) is 25.0 Å². The highest BCUT2D eigenvalue weighted by molar-refractivity contribution is 9.10. The van der Waals surface area contributed by atoms with Gasteiger partial charge in [0.15, 0.2) is 0 Å². The lowest BCUT2D eigenvalue weighted by Gasteiger charge is -2.19. The van der Waals surface area contributed by atoms with Crippen LogP contribution in [0.5, 0.6) is 0 Å². The second-order valence-corrected chi connectivity index (χ2v) is 3.65. The number of rotatable bonds is 2. The molecule has 1 unspecified atom stereocenters. The first-order valence-corrected chi connectivity index (χ1v) is 4.26. The average molecular weight is 218 g/mol. The molecule has 3 nitrogen and oxygen atoms in total. The van der Waals surface area contributed by atoms with Gasteiger partial charge in [-0.1, -0.05) is 0 Å². The van der Waals surface area contributed by atoms with Gasteiger partial charge < -0.3 is 0 Å².